The van der Waals surface area contributed by atoms with Crippen molar-refractivity contribution in [2.24, 2.45) is 4.99 Å². The minimum absolute atomic E-state index is 0.00497. The predicted octanol–water partition coefficient (Wildman–Crippen LogP) is 5.69. The number of sulfonamides is 1. The summed E-state index contributed by atoms with van der Waals surface area (Å²) in [5.41, 5.74) is 2.86. The van der Waals surface area contributed by atoms with Gasteiger partial charge in [0.15, 0.2) is 5.84 Å². The summed E-state index contributed by atoms with van der Waals surface area (Å²) in [4.78, 5) is 30.7. The van der Waals surface area contributed by atoms with Crippen LogP contribution in [0.2, 0.25) is 0 Å². The zero-order chi connectivity index (χ0) is 33.6. The number of hydrogen-bond donors (Lipinski definition) is 1. The summed E-state index contributed by atoms with van der Waals surface area (Å²) in [7, 11) is -1.43. The van der Waals surface area contributed by atoms with Crippen molar-refractivity contribution < 1.29 is 37.0 Å². The zero-order valence-corrected chi connectivity index (χ0v) is 27.2. The van der Waals surface area contributed by atoms with Gasteiger partial charge in [-0.2, -0.15) is 0 Å². The van der Waals surface area contributed by atoms with E-state index >= 15 is 0 Å². The molecule has 1 heterocycles. The summed E-state index contributed by atoms with van der Waals surface area (Å²) in [6.45, 7) is 4.09. The van der Waals surface area contributed by atoms with Gasteiger partial charge in [-0.15, -0.1) is 0 Å². The quantitative estimate of drug-likeness (QED) is 0.152. The van der Waals surface area contributed by atoms with Gasteiger partial charge in [-0.05, 0) is 74.0 Å². The van der Waals surface area contributed by atoms with E-state index in [2.05, 4.69) is 10.3 Å². The number of hydrogen-bond acceptors (Lipinski definition) is 9. The number of ether oxygens (including phenoxy) is 4. The fourth-order valence-electron chi connectivity index (χ4n) is 5.06. The van der Waals surface area contributed by atoms with Gasteiger partial charge in [0.25, 0.3) is 15.9 Å². The molecule has 0 bridgehead atoms. The zero-order valence-electron chi connectivity index (χ0n) is 26.4. The first-order valence-electron chi connectivity index (χ1n) is 14.8. The van der Waals surface area contributed by atoms with Gasteiger partial charge >= 0.3 is 5.97 Å². The summed E-state index contributed by atoms with van der Waals surface area (Å²) in [6, 6.07) is 24.9. The maximum absolute atomic E-state index is 14.1. The van der Waals surface area contributed by atoms with Crippen LogP contribution in [0.3, 0.4) is 0 Å². The summed E-state index contributed by atoms with van der Waals surface area (Å²) in [5, 5.41) is 2.80. The molecule has 0 spiro atoms. The highest BCUT2D eigenvalue weighted by molar-refractivity contribution is 7.90. The van der Waals surface area contributed by atoms with E-state index in [9.17, 15) is 18.0 Å². The van der Waals surface area contributed by atoms with Gasteiger partial charge in [0, 0.05) is 13.0 Å². The van der Waals surface area contributed by atoms with Crippen LogP contribution in [-0.4, -0.2) is 63.9 Å². The molecule has 1 amide bonds. The number of carbonyl (C=O) groups is 2. The molecule has 1 aliphatic rings. The summed E-state index contributed by atoms with van der Waals surface area (Å²) >= 11 is 0. The first-order chi connectivity index (χ1) is 22.6. The number of fused-ring (bicyclic) bond motifs is 1. The van der Waals surface area contributed by atoms with Crippen LogP contribution in [0.25, 0.3) is 0 Å². The number of amides is 1. The number of para-hydroxylation sites is 3. The van der Waals surface area contributed by atoms with E-state index in [0.717, 1.165) is 15.4 Å². The van der Waals surface area contributed by atoms with E-state index < -0.39 is 28.0 Å². The molecular formula is C35H35N3O8S. The van der Waals surface area contributed by atoms with Gasteiger partial charge in [0.2, 0.25) is 6.10 Å². The molecule has 0 saturated carbocycles. The molecule has 4 aromatic rings. The first-order valence-corrected chi connectivity index (χ1v) is 16.3. The molecule has 1 unspecified atom stereocenters. The molecule has 1 N–H and O–H groups in total. The Balaban J connectivity index is 1.51. The van der Waals surface area contributed by atoms with E-state index in [1.54, 1.807) is 42.5 Å². The van der Waals surface area contributed by atoms with E-state index in [1.165, 1.54) is 44.6 Å². The monoisotopic (exact) mass is 657 g/mol. The lowest BCUT2D eigenvalue weighted by Crippen LogP contribution is -2.52. The van der Waals surface area contributed by atoms with E-state index in [1.807, 2.05) is 32.0 Å². The number of rotatable bonds is 12. The smallest absolute Gasteiger partial charge is 0.337 e. The lowest BCUT2D eigenvalue weighted by molar-refractivity contribution is -0.120. The second-order valence-corrected chi connectivity index (χ2v) is 12.5. The van der Waals surface area contributed by atoms with Crippen LogP contribution in [0.15, 0.2) is 101 Å². The van der Waals surface area contributed by atoms with Gasteiger partial charge in [0.05, 0.1) is 37.8 Å². The summed E-state index contributed by atoms with van der Waals surface area (Å²) < 4.78 is 51.7. The fourth-order valence-corrected chi connectivity index (χ4v) is 6.68. The Labute approximate surface area is 273 Å². The highest BCUT2D eigenvalue weighted by atomic mass is 32.2. The number of nitrogens with one attached hydrogen (secondary N) is 1. The molecule has 4 aromatic carbocycles. The molecule has 0 fully saturated rings. The number of carbonyl (C=O) groups excluding carboxylic acids is 2. The maximum Gasteiger partial charge on any atom is 0.337 e. The van der Waals surface area contributed by atoms with Crippen molar-refractivity contribution in [1.29, 1.82) is 0 Å². The van der Waals surface area contributed by atoms with Crippen molar-refractivity contribution in [3.05, 3.63) is 108 Å². The molecule has 244 valence electrons. The maximum atomic E-state index is 14.1. The van der Waals surface area contributed by atoms with Crippen LogP contribution >= 0.6 is 0 Å². The Morgan fingerprint density at radius 1 is 0.894 bits per heavy atom. The van der Waals surface area contributed by atoms with Gasteiger partial charge in [-0.1, -0.05) is 42.0 Å². The van der Waals surface area contributed by atoms with Crippen molar-refractivity contribution in [2.75, 3.05) is 32.7 Å². The number of nitrogens with zero attached hydrogens (tertiary/aromatic N) is 2. The van der Waals surface area contributed by atoms with Crippen LogP contribution in [0.5, 0.6) is 17.2 Å². The normalized spacial score (nSPS) is 13.9. The average Bonchev–Trinajstić information content (AvgIpc) is 3.07. The lowest BCUT2D eigenvalue weighted by Gasteiger charge is -2.33. The van der Waals surface area contributed by atoms with Crippen LogP contribution in [0.1, 0.15) is 27.9 Å². The van der Waals surface area contributed by atoms with Gasteiger partial charge in [0.1, 0.15) is 22.1 Å². The molecule has 5 rings (SSSR count). The second-order valence-electron chi connectivity index (χ2n) is 10.7. The Bertz CT molecular complexity index is 1910. The minimum atomic E-state index is -4.17. The molecule has 12 heteroatoms. The highest BCUT2D eigenvalue weighted by Gasteiger charge is 2.41. The molecule has 11 nitrogen and oxygen atoms in total. The van der Waals surface area contributed by atoms with Crippen molar-refractivity contribution >= 4 is 39.1 Å². The lowest BCUT2D eigenvalue weighted by atomic mass is 10.1. The number of aliphatic imine (C=N–C) groups is 1. The van der Waals surface area contributed by atoms with E-state index in [-0.39, 0.29) is 47.3 Å². The Morgan fingerprint density at radius 3 is 2.34 bits per heavy atom. The molecule has 0 aliphatic carbocycles. The van der Waals surface area contributed by atoms with Crippen LogP contribution in [-0.2, 0) is 19.6 Å². The molecular weight excluding hydrogens is 622 g/mol. The van der Waals surface area contributed by atoms with Crippen molar-refractivity contribution in [3.63, 3.8) is 0 Å². The van der Waals surface area contributed by atoms with Crippen molar-refractivity contribution in [1.82, 2.24) is 4.31 Å². The molecule has 1 aliphatic heterocycles. The van der Waals surface area contributed by atoms with Crippen molar-refractivity contribution in [2.45, 2.75) is 31.3 Å². The molecule has 1 atom stereocenters. The van der Waals surface area contributed by atoms with Gasteiger partial charge < -0.3 is 24.3 Å². The largest absolute Gasteiger partial charge is 0.495 e. The number of methoxy groups -OCH3 is 2. The van der Waals surface area contributed by atoms with Crippen LogP contribution in [0.4, 0.5) is 11.4 Å². The number of anilines is 1. The second kappa shape index (κ2) is 14.4. The minimum Gasteiger partial charge on any atom is -0.495 e. The highest BCUT2D eigenvalue weighted by Crippen LogP contribution is 2.34. The van der Waals surface area contributed by atoms with Crippen LogP contribution in [0, 0.1) is 13.8 Å². The number of esters is 1. The molecule has 0 radical (unpaired) electrons. The average molecular weight is 658 g/mol. The van der Waals surface area contributed by atoms with Crippen molar-refractivity contribution in [3.8, 4) is 17.2 Å². The molecule has 47 heavy (non-hydrogen) atoms. The van der Waals surface area contributed by atoms with Gasteiger partial charge in [-0.3, -0.25) is 4.79 Å². The van der Waals surface area contributed by atoms with E-state index in [0.29, 0.717) is 17.2 Å². The van der Waals surface area contributed by atoms with Gasteiger partial charge in [-0.25, -0.2) is 22.5 Å². The molecule has 0 aromatic heterocycles. The third-order valence-electron chi connectivity index (χ3n) is 7.38. The molecule has 0 saturated heterocycles. The predicted molar refractivity (Wildman–Crippen MR) is 177 cm³/mol. The van der Waals surface area contributed by atoms with Crippen LogP contribution < -0.4 is 19.5 Å². The third kappa shape index (κ3) is 7.39. The Morgan fingerprint density at radius 2 is 1.62 bits per heavy atom. The van der Waals surface area contributed by atoms with E-state index in [4.69, 9.17) is 18.9 Å². The number of aryl methyl sites for hydroxylation is 2. The summed E-state index contributed by atoms with van der Waals surface area (Å²) in [5.74, 6) is -0.100. The topological polar surface area (TPSA) is 133 Å². The standard InChI is InChI=1S/C35H35N3O8S/c1-23-14-19-29(24(2)22-23)45-21-9-20-38-33(36-28-11-6-8-13-31(28)47(38,41)42)32(34(39)37-27-10-5-7-12-30(27)43-3)46-26-17-15-25(16-18-26)35(40)44-4/h5-8,10-19,22,32H,9,20-21H2,1-4H3,(H,37,39). The third-order valence-corrected chi connectivity index (χ3v) is 9.24. The fraction of sp³-hybridized carbons (Fsp3) is 0.229. The Kier molecular flexibility index (Phi) is 10.1. The Hall–Kier alpha value is -5.36. The first kappa shape index (κ1) is 33.0. The number of benzene rings is 4. The summed E-state index contributed by atoms with van der Waals surface area (Å²) in [6.07, 6.45) is -1.27. The SMILES string of the molecule is COC(=O)c1ccc(OC(C(=O)Nc2ccccc2OC)C2=Nc3ccccc3S(=O)(=O)N2CCCOc2ccc(C)cc2C)cc1. The number of amidine groups is 1.